The van der Waals surface area contributed by atoms with Gasteiger partial charge >= 0.3 is 5.97 Å². The van der Waals surface area contributed by atoms with E-state index in [2.05, 4.69) is 41.8 Å². The molecule has 1 heterocycles. The van der Waals surface area contributed by atoms with Crippen molar-refractivity contribution in [2.24, 2.45) is 0 Å². The Morgan fingerprint density at radius 1 is 1.19 bits per heavy atom. The topological polar surface area (TPSA) is 26.3 Å². The van der Waals surface area contributed by atoms with E-state index in [1.54, 1.807) is 11.3 Å². The van der Waals surface area contributed by atoms with Crippen LogP contribution in [-0.2, 0) is 14.9 Å². The summed E-state index contributed by atoms with van der Waals surface area (Å²) in [6.07, 6.45) is 15.0. The minimum atomic E-state index is -0.128. The Balaban J connectivity index is 1.87. The summed E-state index contributed by atoms with van der Waals surface area (Å²) >= 11 is 1.79. The van der Waals surface area contributed by atoms with Gasteiger partial charge in [0.2, 0.25) is 0 Å². The molecule has 0 N–H and O–H groups in total. The van der Waals surface area contributed by atoms with E-state index in [-0.39, 0.29) is 11.4 Å². The van der Waals surface area contributed by atoms with Gasteiger partial charge in [-0.15, -0.1) is 11.3 Å². The Bertz CT molecular complexity index is 617. The van der Waals surface area contributed by atoms with Gasteiger partial charge in [-0.3, -0.25) is 4.79 Å². The summed E-state index contributed by atoms with van der Waals surface area (Å²) in [5.41, 5.74) is 2.78. The van der Waals surface area contributed by atoms with Crippen LogP contribution in [0.5, 0.6) is 0 Å². The highest BCUT2D eigenvalue weighted by atomic mass is 32.1. The maximum absolute atomic E-state index is 11.4. The molecule has 108 valence electrons. The molecule has 0 atom stereocenters. The van der Waals surface area contributed by atoms with Crippen LogP contribution in [-0.4, -0.2) is 13.1 Å². The average Bonchev–Trinajstić information content (AvgIpc) is 2.86. The predicted octanol–water partition coefficient (Wildman–Crippen LogP) is 4.32. The van der Waals surface area contributed by atoms with Crippen molar-refractivity contribution >= 4 is 17.3 Å². The van der Waals surface area contributed by atoms with Crippen molar-refractivity contribution in [2.75, 3.05) is 7.11 Å². The lowest BCUT2D eigenvalue weighted by Gasteiger charge is -2.12. The molecule has 3 rings (SSSR count). The molecule has 0 radical (unpaired) electrons. The van der Waals surface area contributed by atoms with Crippen molar-refractivity contribution < 1.29 is 9.53 Å². The molecule has 21 heavy (non-hydrogen) atoms. The van der Waals surface area contributed by atoms with Gasteiger partial charge in [-0.2, -0.15) is 0 Å². The number of esters is 1. The standard InChI is InChI=1S/C18H18O2S/c1-20-17(19)11-6-12-18(16-10-7-13-21-16)14-8-4-2-3-5-9-15(14)18/h2-5,7-10,13H,6,11-12H2,1H3/b3-2?,4-2-,5-3-,8-4?,9-5?,14-8?,15-9?. The second-order valence-corrected chi connectivity index (χ2v) is 6.19. The lowest BCUT2D eigenvalue weighted by Crippen LogP contribution is -2.08. The molecule has 0 saturated heterocycles. The van der Waals surface area contributed by atoms with Gasteiger partial charge in [-0.1, -0.05) is 42.5 Å². The van der Waals surface area contributed by atoms with Gasteiger partial charge in [-0.05, 0) is 35.4 Å². The van der Waals surface area contributed by atoms with E-state index >= 15 is 0 Å². The quantitative estimate of drug-likeness (QED) is 0.757. The molecule has 1 saturated carbocycles. The van der Waals surface area contributed by atoms with Crippen molar-refractivity contribution in [1.29, 1.82) is 0 Å². The minimum absolute atomic E-state index is 0.0151. The third-order valence-electron chi connectivity index (χ3n) is 4.11. The molecule has 1 aromatic heterocycles. The first-order chi connectivity index (χ1) is 10.3. The number of fused-ring (bicyclic) bond motifs is 1. The smallest absolute Gasteiger partial charge is 0.305 e. The SMILES string of the molecule is COC(=O)CCCC1(c2cccs2)C2=C/C=C\C=C/C=C21. The summed E-state index contributed by atoms with van der Waals surface area (Å²) < 4.78 is 4.75. The summed E-state index contributed by atoms with van der Waals surface area (Å²) in [6, 6.07) is 4.30. The predicted molar refractivity (Wildman–Crippen MR) is 86.3 cm³/mol. The van der Waals surface area contributed by atoms with E-state index in [1.807, 2.05) is 12.2 Å². The van der Waals surface area contributed by atoms with Gasteiger partial charge in [0.15, 0.2) is 0 Å². The van der Waals surface area contributed by atoms with Crippen molar-refractivity contribution in [1.82, 2.24) is 0 Å². The van der Waals surface area contributed by atoms with Gasteiger partial charge in [0.1, 0.15) is 0 Å². The lowest BCUT2D eigenvalue weighted by molar-refractivity contribution is -0.140. The van der Waals surface area contributed by atoms with E-state index in [0.29, 0.717) is 6.42 Å². The average molecular weight is 298 g/mol. The fourth-order valence-corrected chi connectivity index (χ4v) is 4.02. The molecule has 1 fully saturated rings. The number of hydrogen-bond acceptors (Lipinski definition) is 3. The molecular weight excluding hydrogens is 280 g/mol. The van der Waals surface area contributed by atoms with E-state index in [0.717, 1.165) is 12.8 Å². The number of carbonyl (C=O) groups excluding carboxylic acids is 1. The molecule has 2 aliphatic carbocycles. The molecule has 3 heteroatoms. The minimum Gasteiger partial charge on any atom is -0.469 e. The molecule has 0 aliphatic heterocycles. The molecular formula is C18H18O2S. The first-order valence-corrected chi connectivity index (χ1v) is 8.04. The van der Waals surface area contributed by atoms with Crippen molar-refractivity contribution in [3.63, 3.8) is 0 Å². The third-order valence-corrected chi connectivity index (χ3v) is 5.14. The van der Waals surface area contributed by atoms with Crippen LogP contribution in [0.3, 0.4) is 0 Å². The van der Waals surface area contributed by atoms with Gasteiger partial charge in [0.05, 0.1) is 12.5 Å². The zero-order valence-electron chi connectivity index (χ0n) is 12.0. The molecule has 1 aromatic rings. The van der Waals surface area contributed by atoms with Crippen molar-refractivity contribution in [3.05, 3.63) is 70.0 Å². The summed E-state index contributed by atoms with van der Waals surface area (Å²) in [5, 5.41) is 2.12. The second kappa shape index (κ2) is 5.86. The Morgan fingerprint density at radius 3 is 2.48 bits per heavy atom. The number of hydrogen-bond donors (Lipinski definition) is 0. The van der Waals surface area contributed by atoms with Crippen molar-refractivity contribution in [3.8, 4) is 0 Å². The van der Waals surface area contributed by atoms with Gasteiger partial charge < -0.3 is 4.74 Å². The first-order valence-electron chi connectivity index (χ1n) is 7.16. The molecule has 0 amide bonds. The normalized spacial score (nSPS) is 25.8. The molecule has 0 bridgehead atoms. The van der Waals surface area contributed by atoms with Crippen LogP contribution in [0.2, 0.25) is 0 Å². The molecule has 0 unspecified atom stereocenters. The van der Waals surface area contributed by atoms with E-state index < -0.39 is 0 Å². The summed E-state index contributed by atoms with van der Waals surface area (Å²) in [5.74, 6) is -0.128. The van der Waals surface area contributed by atoms with E-state index in [9.17, 15) is 4.79 Å². The van der Waals surface area contributed by atoms with Crippen LogP contribution in [0.25, 0.3) is 0 Å². The molecule has 2 nitrogen and oxygen atoms in total. The van der Waals surface area contributed by atoms with Crippen LogP contribution in [0.15, 0.2) is 65.1 Å². The van der Waals surface area contributed by atoms with Crippen molar-refractivity contribution in [2.45, 2.75) is 24.7 Å². The lowest BCUT2D eigenvalue weighted by atomic mass is 9.94. The summed E-state index contributed by atoms with van der Waals surface area (Å²) in [6.45, 7) is 0. The zero-order chi connectivity index (χ0) is 14.7. The third kappa shape index (κ3) is 2.54. The zero-order valence-corrected chi connectivity index (χ0v) is 12.9. The number of rotatable bonds is 5. The molecule has 2 aliphatic rings. The molecule has 0 spiro atoms. The number of methoxy groups -OCH3 is 1. The summed E-state index contributed by atoms with van der Waals surface area (Å²) in [7, 11) is 1.45. The van der Waals surface area contributed by atoms with Crippen LogP contribution < -0.4 is 0 Å². The number of carbonyl (C=O) groups is 1. The number of ether oxygens (including phenoxy) is 1. The Hall–Kier alpha value is -1.87. The number of allylic oxidation sites excluding steroid dienone is 8. The van der Waals surface area contributed by atoms with Crippen LogP contribution in [0.1, 0.15) is 24.1 Å². The fourth-order valence-electron chi connectivity index (χ4n) is 3.04. The second-order valence-electron chi connectivity index (χ2n) is 5.24. The largest absolute Gasteiger partial charge is 0.469 e. The van der Waals surface area contributed by atoms with E-state index in [4.69, 9.17) is 4.74 Å². The highest BCUT2D eigenvalue weighted by Crippen LogP contribution is 2.63. The highest BCUT2D eigenvalue weighted by molar-refractivity contribution is 7.10. The van der Waals surface area contributed by atoms with Gasteiger partial charge in [-0.25, -0.2) is 0 Å². The number of thiophene rings is 1. The first kappa shape index (κ1) is 14.1. The maximum atomic E-state index is 11.4. The van der Waals surface area contributed by atoms with Crippen LogP contribution in [0.4, 0.5) is 0 Å². The summed E-state index contributed by atoms with van der Waals surface area (Å²) in [4.78, 5) is 12.7. The van der Waals surface area contributed by atoms with Crippen LogP contribution >= 0.6 is 11.3 Å². The Morgan fingerprint density at radius 2 is 1.90 bits per heavy atom. The van der Waals surface area contributed by atoms with Crippen LogP contribution in [0, 0.1) is 0 Å². The van der Waals surface area contributed by atoms with Gasteiger partial charge in [0, 0.05) is 11.3 Å². The Labute approximate surface area is 129 Å². The van der Waals surface area contributed by atoms with E-state index in [1.165, 1.54) is 23.1 Å². The monoisotopic (exact) mass is 298 g/mol. The highest BCUT2D eigenvalue weighted by Gasteiger charge is 2.55. The fraction of sp³-hybridized carbons (Fsp3) is 0.278. The Kier molecular flexibility index (Phi) is 3.93. The maximum Gasteiger partial charge on any atom is 0.305 e. The molecule has 0 aromatic carbocycles. The van der Waals surface area contributed by atoms with Gasteiger partial charge in [0.25, 0.3) is 0 Å².